The highest BCUT2D eigenvalue weighted by molar-refractivity contribution is 5.85. The molecule has 0 aliphatic rings. The molecule has 0 fully saturated rings. The summed E-state index contributed by atoms with van der Waals surface area (Å²) in [5.41, 5.74) is 6.41. The Morgan fingerprint density at radius 3 is 2.69 bits per heavy atom. The monoisotopic (exact) mass is 247 g/mol. The maximum absolute atomic E-state index is 11.8. The number of aromatic nitrogens is 1. The van der Waals surface area contributed by atoms with Gasteiger partial charge in [-0.2, -0.15) is 0 Å². The number of hydrogen-bond acceptors (Lipinski definition) is 4. The van der Waals surface area contributed by atoms with Crippen LogP contribution in [0, 0.1) is 5.92 Å². The summed E-state index contributed by atoms with van der Waals surface area (Å²) < 4.78 is 4.69. The third kappa shape index (κ3) is 3.83. The van der Waals surface area contributed by atoms with Gasteiger partial charge in [0.25, 0.3) is 0 Å². The maximum atomic E-state index is 11.8. The van der Waals surface area contributed by atoms with Crippen LogP contribution in [-0.4, -0.2) is 29.1 Å². The van der Waals surface area contributed by atoms with Gasteiger partial charge in [0, 0.05) is 19.2 Å². The van der Waals surface area contributed by atoms with E-state index >= 15 is 0 Å². The lowest BCUT2D eigenvalue weighted by atomic mass is 10.0. The Hall–Kier alpha value is -1.07. The first-order chi connectivity index (χ1) is 7.02. The largest absolute Gasteiger partial charge is 0.364 e. The van der Waals surface area contributed by atoms with Crippen LogP contribution in [0.3, 0.4) is 0 Å². The summed E-state index contributed by atoms with van der Waals surface area (Å²) in [6, 6.07) is 1.60. The molecule has 1 amide bonds. The highest BCUT2D eigenvalue weighted by Gasteiger charge is 2.21. The Balaban J connectivity index is 0.00000225. The van der Waals surface area contributed by atoms with Gasteiger partial charge in [0.1, 0.15) is 12.0 Å². The standard InChI is InChI=1S/C10H17N3O2.ClH/c1-7(8(2)11)10(14)13(3)6-9-4-5-15-12-9;/h4-5,7-8H,6,11H2,1-3H3;1H. The predicted molar refractivity (Wildman–Crippen MR) is 63.0 cm³/mol. The van der Waals surface area contributed by atoms with Gasteiger partial charge in [0.05, 0.1) is 12.5 Å². The highest BCUT2D eigenvalue weighted by atomic mass is 35.5. The molecule has 2 unspecified atom stereocenters. The molecule has 1 rings (SSSR count). The summed E-state index contributed by atoms with van der Waals surface area (Å²) in [4.78, 5) is 13.4. The molecule has 2 N–H and O–H groups in total. The Bertz CT molecular complexity index is 314. The van der Waals surface area contributed by atoms with Crippen molar-refractivity contribution in [1.29, 1.82) is 0 Å². The van der Waals surface area contributed by atoms with Crippen molar-refractivity contribution in [3.63, 3.8) is 0 Å². The lowest BCUT2D eigenvalue weighted by Gasteiger charge is -2.22. The fraction of sp³-hybridized carbons (Fsp3) is 0.600. The molecule has 0 aliphatic heterocycles. The van der Waals surface area contributed by atoms with Gasteiger partial charge in [-0.05, 0) is 6.92 Å². The number of halogens is 1. The van der Waals surface area contributed by atoms with Crippen molar-refractivity contribution in [3.05, 3.63) is 18.0 Å². The molecule has 1 heterocycles. The van der Waals surface area contributed by atoms with E-state index in [0.29, 0.717) is 6.54 Å². The summed E-state index contributed by atoms with van der Waals surface area (Å²) in [5.74, 6) is -0.157. The van der Waals surface area contributed by atoms with Crippen molar-refractivity contribution in [2.75, 3.05) is 7.05 Å². The molecule has 0 aliphatic carbocycles. The van der Waals surface area contributed by atoms with E-state index in [1.807, 2.05) is 13.8 Å². The van der Waals surface area contributed by atoms with Crippen LogP contribution in [0.1, 0.15) is 19.5 Å². The number of carbonyl (C=O) groups excluding carboxylic acids is 1. The minimum atomic E-state index is -0.179. The first kappa shape index (κ1) is 14.9. The SMILES string of the molecule is CC(N)C(C)C(=O)N(C)Cc1ccon1.Cl. The van der Waals surface area contributed by atoms with Crippen LogP contribution in [0.15, 0.2) is 16.9 Å². The number of nitrogens with zero attached hydrogens (tertiary/aromatic N) is 2. The summed E-state index contributed by atoms with van der Waals surface area (Å²) in [6.07, 6.45) is 1.49. The molecule has 5 nitrogen and oxygen atoms in total. The topological polar surface area (TPSA) is 72.4 Å². The van der Waals surface area contributed by atoms with Crippen LogP contribution in [0.25, 0.3) is 0 Å². The van der Waals surface area contributed by atoms with Gasteiger partial charge in [0.15, 0.2) is 0 Å². The van der Waals surface area contributed by atoms with Gasteiger partial charge in [-0.3, -0.25) is 4.79 Å². The number of nitrogens with two attached hydrogens (primary N) is 1. The Morgan fingerprint density at radius 1 is 1.62 bits per heavy atom. The maximum Gasteiger partial charge on any atom is 0.227 e. The summed E-state index contributed by atoms with van der Waals surface area (Å²) in [5, 5.41) is 3.74. The van der Waals surface area contributed by atoms with Gasteiger partial charge < -0.3 is 15.2 Å². The molecule has 2 atom stereocenters. The fourth-order valence-corrected chi connectivity index (χ4v) is 1.21. The van der Waals surface area contributed by atoms with Crippen molar-refractivity contribution in [3.8, 4) is 0 Å². The summed E-state index contributed by atoms with van der Waals surface area (Å²) in [7, 11) is 1.73. The highest BCUT2D eigenvalue weighted by Crippen LogP contribution is 2.07. The van der Waals surface area contributed by atoms with Crippen LogP contribution < -0.4 is 5.73 Å². The molecular weight excluding hydrogens is 230 g/mol. The Morgan fingerprint density at radius 2 is 2.25 bits per heavy atom. The van der Waals surface area contributed by atoms with Gasteiger partial charge in [0.2, 0.25) is 5.91 Å². The Labute approximate surface area is 101 Å². The van der Waals surface area contributed by atoms with Crippen molar-refractivity contribution in [2.45, 2.75) is 26.4 Å². The first-order valence-electron chi connectivity index (χ1n) is 4.92. The van der Waals surface area contributed by atoms with Crippen LogP contribution in [0.4, 0.5) is 0 Å². The zero-order chi connectivity index (χ0) is 11.4. The molecular formula is C10H18ClN3O2. The molecule has 1 aromatic heterocycles. The van der Waals surface area contributed by atoms with E-state index in [-0.39, 0.29) is 30.3 Å². The molecule has 0 radical (unpaired) electrons. The number of hydrogen-bond donors (Lipinski definition) is 1. The van der Waals surface area contributed by atoms with E-state index < -0.39 is 0 Å². The second kappa shape index (κ2) is 6.50. The molecule has 0 bridgehead atoms. The van der Waals surface area contributed by atoms with Crippen molar-refractivity contribution < 1.29 is 9.32 Å². The molecule has 6 heteroatoms. The zero-order valence-electron chi connectivity index (χ0n) is 9.71. The average Bonchev–Trinajstić information content (AvgIpc) is 2.67. The van der Waals surface area contributed by atoms with Crippen LogP contribution in [0.2, 0.25) is 0 Å². The molecule has 0 spiro atoms. The van der Waals surface area contributed by atoms with Gasteiger partial charge in [-0.25, -0.2) is 0 Å². The number of amides is 1. The smallest absolute Gasteiger partial charge is 0.227 e. The normalized spacial score (nSPS) is 13.8. The van der Waals surface area contributed by atoms with Crippen molar-refractivity contribution >= 4 is 18.3 Å². The second-order valence-corrected chi connectivity index (χ2v) is 3.83. The lowest BCUT2D eigenvalue weighted by Crippen LogP contribution is -2.39. The molecule has 0 aromatic carbocycles. The van der Waals surface area contributed by atoms with Gasteiger partial charge in [-0.1, -0.05) is 12.1 Å². The number of carbonyl (C=O) groups is 1. The quantitative estimate of drug-likeness (QED) is 0.863. The van der Waals surface area contributed by atoms with E-state index in [1.165, 1.54) is 6.26 Å². The molecule has 1 aromatic rings. The average molecular weight is 248 g/mol. The van der Waals surface area contributed by atoms with Crippen molar-refractivity contribution in [1.82, 2.24) is 10.1 Å². The number of rotatable bonds is 4. The van der Waals surface area contributed by atoms with E-state index in [9.17, 15) is 4.79 Å². The second-order valence-electron chi connectivity index (χ2n) is 3.83. The van der Waals surface area contributed by atoms with Crippen molar-refractivity contribution in [2.24, 2.45) is 11.7 Å². The molecule has 0 saturated carbocycles. The molecule has 0 saturated heterocycles. The first-order valence-corrected chi connectivity index (χ1v) is 4.92. The van der Waals surface area contributed by atoms with Crippen LogP contribution in [-0.2, 0) is 11.3 Å². The molecule has 16 heavy (non-hydrogen) atoms. The zero-order valence-corrected chi connectivity index (χ0v) is 10.5. The summed E-state index contributed by atoms with van der Waals surface area (Å²) in [6.45, 7) is 4.10. The van der Waals surface area contributed by atoms with Crippen LogP contribution in [0.5, 0.6) is 0 Å². The molecule has 92 valence electrons. The van der Waals surface area contributed by atoms with Crippen LogP contribution >= 0.6 is 12.4 Å². The predicted octanol–water partition coefficient (Wildman–Crippen LogP) is 1.04. The van der Waals surface area contributed by atoms with E-state index in [2.05, 4.69) is 5.16 Å². The van der Waals surface area contributed by atoms with E-state index in [1.54, 1.807) is 18.0 Å². The summed E-state index contributed by atoms with van der Waals surface area (Å²) >= 11 is 0. The third-order valence-electron chi connectivity index (χ3n) is 2.44. The minimum Gasteiger partial charge on any atom is -0.364 e. The van der Waals surface area contributed by atoms with E-state index in [4.69, 9.17) is 10.3 Å². The third-order valence-corrected chi connectivity index (χ3v) is 2.44. The Kier molecular flexibility index (Phi) is 6.06. The fourth-order valence-electron chi connectivity index (χ4n) is 1.21. The van der Waals surface area contributed by atoms with E-state index in [0.717, 1.165) is 5.69 Å². The minimum absolute atomic E-state index is 0. The van der Waals surface area contributed by atoms with Gasteiger partial charge >= 0.3 is 0 Å². The lowest BCUT2D eigenvalue weighted by molar-refractivity contribution is -0.134. The van der Waals surface area contributed by atoms with Gasteiger partial charge in [-0.15, -0.1) is 12.4 Å².